The maximum absolute atomic E-state index is 13.2. The molecule has 8 nitrogen and oxygen atoms in total. The van der Waals surface area contributed by atoms with Crippen LogP contribution in [0.25, 0.3) is 6.08 Å². The molecule has 0 atom stereocenters. The van der Waals surface area contributed by atoms with Gasteiger partial charge >= 0.3 is 0 Å². The number of benzene rings is 2. The molecule has 2 aliphatic heterocycles. The molecule has 35 heavy (non-hydrogen) atoms. The summed E-state index contributed by atoms with van der Waals surface area (Å²) in [5.41, 5.74) is 0.667. The lowest BCUT2D eigenvalue weighted by Crippen LogP contribution is -2.54. The molecule has 182 valence electrons. The third-order valence-electron chi connectivity index (χ3n) is 5.26. The minimum absolute atomic E-state index is 0.101. The summed E-state index contributed by atoms with van der Waals surface area (Å²) < 4.78 is 11.5. The molecule has 4 rings (SSSR count). The van der Waals surface area contributed by atoms with E-state index in [-0.39, 0.29) is 38.9 Å². The van der Waals surface area contributed by atoms with Gasteiger partial charge in [0.15, 0.2) is 11.7 Å². The van der Waals surface area contributed by atoms with E-state index in [9.17, 15) is 14.4 Å². The molecular formula is C23H18BrCl2N3O5S. The van der Waals surface area contributed by atoms with Crippen LogP contribution >= 0.6 is 51.3 Å². The monoisotopic (exact) mass is 597 g/mol. The van der Waals surface area contributed by atoms with Crippen molar-refractivity contribution in [2.45, 2.75) is 0 Å². The first-order chi connectivity index (χ1) is 16.8. The number of morpholine rings is 1. The van der Waals surface area contributed by atoms with Gasteiger partial charge in [0.05, 0.1) is 33.4 Å². The minimum Gasteiger partial charge on any atom is -0.483 e. The van der Waals surface area contributed by atoms with Gasteiger partial charge in [0.1, 0.15) is 11.3 Å². The number of anilines is 1. The Balaban J connectivity index is 1.52. The summed E-state index contributed by atoms with van der Waals surface area (Å²) in [6.45, 7) is 1.97. The van der Waals surface area contributed by atoms with Gasteiger partial charge in [0.2, 0.25) is 0 Å². The van der Waals surface area contributed by atoms with Crippen molar-refractivity contribution >= 4 is 85.9 Å². The second-order valence-corrected chi connectivity index (χ2v) is 9.53. The lowest BCUT2D eigenvalue weighted by molar-refractivity contribution is -0.137. The van der Waals surface area contributed by atoms with Gasteiger partial charge in [0.25, 0.3) is 17.7 Å². The van der Waals surface area contributed by atoms with Crippen LogP contribution in [0.3, 0.4) is 0 Å². The number of ether oxygens (including phenoxy) is 2. The Bertz CT molecular complexity index is 1250. The Labute approximate surface area is 224 Å². The largest absolute Gasteiger partial charge is 0.483 e. The number of amides is 3. The number of nitrogens with one attached hydrogen (secondary N) is 1. The van der Waals surface area contributed by atoms with Gasteiger partial charge in [-0.2, -0.15) is 0 Å². The van der Waals surface area contributed by atoms with Gasteiger partial charge in [-0.05, 0) is 64.1 Å². The Hall–Kier alpha value is -2.50. The van der Waals surface area contributed by atoms with Crippen molar-refractivity contribution in [1.82, 2.24) is 10.2 Å². The van der Waals surface area contributed by atoms with Crippen molar-refractivity contribution in [3.63, 3.8) is 0 Å². The number of carbonyl (C=O) groups is 3. The van der Waals surface area contributed by atoms with Crippen LogP contribution in [0.1, 0.15) is 5.56 Å². The lowest BCUT2D eigenvalue weighted by Gasteiger charge is -2.29. The second-order valence-electron chi connectivity index (χ2n) is 7.50. The molecule has 2 saturated heterocycles. The third kappa shape index (κ3) is 5.68. The highest BCUT2D eigenvalue weighted by molar-refractivity contribution is 9.10. The van der Waals surface area contributed by atoms with Crippen LogP contribution in [0.2, 0.25) is 10.0 Å². The van der Waals surface area contributed by atoms with Gasteiger partial charge in [-0.3, -0.25) is 24.6 Å². The Morgan fingerprint density at radius 3 is 2.66 bits per heavy atom. The molecule has 0 aliphatic carbocycles. The number of carbonyl (C=O) groups excluding carboxylic acids is 3. The van der Waals surface area contributed by atoms with Crippen molar-refractivity contribution in [3.8, 4) is 5.75 Å². The van der Waals surface area contributed by atoms with E-state index in [1.165, 1.54) is 6.08 Å². The van der Waals surface area contributed by atoms with E-state index in [0.717, 1.165) is 4.90 Å². The summed E-state index contributed by atoms with van der Waals surface area (Å²) in [6.07, 6.45) is 1.43. The summed E-state index contributed by atoms with van der Waals surface area (Å²) in [5.74, 6) is -0.967. The molecule has 3 amide bonds. The van der Waals surface area contributed by atoms with E-state index < -0.39 is 11.8 Å². The summed E-state index contributed by atoms with van der Waals surface area (Å²) in [7, 11) is 0. The van der Waals surface area contributed by atoms with Crippen LogP contribution in [0.4, 0.5) is 5.69 Å². The van der Waals surface area contributed by atoms with Crippen LogP contribution in [-0.4, -0.2) is 60.6 Å². The molecule has 2 fully saturated rings. The molecule has 0 bridgehead atoms. The maximum atomic E-state index is 13.2. The quantitative estimate of drug-likeness (QED) is 0.320. The van der Waals surface area contributed by atoms with Crippen molar-refractivity contribution in [2.75, 3.05) is 37.8 Å². The van der Waals surface area contributed by atoms with Gasteiger partial charge in [-0.15, -0.1) is 0 Å². The van der Waals surface area contributed by atoms with Gasteiger partial charge in [0, 0.05) is 13.1 Å². The molecule has 0 unspecified atom stereocenters. The SMILES string of the molecule is O=C1NC(=S)N(c2cccc(Cl)c2Cl)C(=O)/C1=C/c1ccc(OCC(=O)N2CCOCC2)c(Br)c1. The van der Waals surface area contributed by atoms with Crippen molar-refractivity contribution in [3.05, 3.63) is 62.1 Å². The van der Waals surface area contributed by atoms with Gasteiger partial charge in [-0.1, -0.05) is 35.3 Å². The minimum atomic E-state index is -0.643. The zero-order valence-electron chi connectivity index (χ0n) is 18.1. The molecular weight excluding hydrogens is 581 g/mol. The van der Waals surface area contributed by atoms with Crippen molar-refractivity contribution in [1.29, 1.82) is 0 Å². The highest BCUT2D eigenvalue weighted by Crippen LogP contribution is 2.34. The van der Waals surface area contributed by atoms with Crippen LogP contribution in [0.15, 0.2) is 46.4 Å². The predicted octanol–water partition coefficient (Wildman–Crippen LogP) is 3.82. The van der Waals surface area contributed by atoms with E-state index in [1.54, 1.807) is 41.3 Å². The zero-order chi connectivity index (χ0) is 25.1. The van der Waals surface area contributed by atoms with Gasteiger partial charge < -0.3 is 14.4 Å². The fourth-order valence-corrected chi connectivity index (χ4v) is 4.64. The van der Waals surface area contributed by atoms with E-state index in [1.807, 2.05) is 0 Å². The smallest absolute Gasteiger partial charge is 0.270 e. The van der Waals surface area contributed by atoms with E-state index in [0.29, 0.717) is 42.1 Å². The normalized spacial score (nSPS) is 17.6. The zero-order valence-corrected chi connectivity index (χ0v) is 22.0. The number of nitrogens with zero attached hydrogens (tertiary/aromatic N) is 2. The number of thiocarbonyl (C=S) groups is 1. The van der Waals surface area contributed by atoms with Gasteiger partial charge in [-0.25, -0.2) is 0 Å². The Kier molecular flexibility index (Phi) is 8.08. The average molecular weight is 599 g/mol. The highest BCUT2D eigenvalue weighted by atomic mass is 79.9. The molecule has 2 aromatic carbocycles. The molecule has 0 radical (unpaired) electrons. The lowest BCUT2D eigenvalue weighted by atomic mass is 10.1. The molecule has 0 spiro atoms. The first kappa shape index (κ1) is 25.6. The summed E-state index contributed by atoms with van der Waals surface area (Å²) in [5, 5.41) is 2.78. The number of halogens is 3. The first-order valence-corrected chi connectivity index (χ1v) is 12.4. The van der Waals surface area contributed by atoms with E-state index in [2.05, 4.69) is 21.2 Å². The molecule has 2 heterocycles. The summed E-state index contributed by atoms with van der Waals surface area (Å²) in [4.78, 5) is 40.9. The van der Waals surface area contributed by atoms with Crippen LogP contribution in [0, 0.1) is 0 Å². The van der Waals surface area contributed by atoms with Crippen LogP contribution in [-0.2, 0) is 19.1 Å². The molecule has 12 heteroatoms. The highest BCUT2D eigenvalue weighted by Gasteiger charge is 2.35. The topological polar surface area (TPSA) is 88.2 Å². The van der Waals surface area contributed by atoms with E-state index >= 15 is 0 Å². The summed E-state index contributed by atoms with van der Waals surface area (Å²) >= 11 is 21.0. The number of hydrogen-bond acceptors (Lipinski definition) is 6. The van der Waals surface area contributed by atoms with E-state index in [4.69, 9.17) is 44.9 Å². The fourth-order valence-electron chi connectivity index (χ4n) is 3.48. The first-order valence-electron chi connectivity index (χ1n) is 10.4. The molecule has 2 aliphatic rings. The predicted molar refractivity (Wildman–Crippen MR) is 140 cm³/mol. The summed E-state index contributed by atoms with van der Waals surface area (Å²) in [6, 6.07) is 9.76. The Morgan fingerprint density at radius 2 is 1.94 bits per heavy atom. The van der Waals surface area contributed by atoms with Crippen LogP contribution in [0.5, 0.6) is 5.75 Å². The molecule has 0 saturated carbocycles. The third-order valence-corrected chi connectivity index (χ3v) is 6.97. The average Bonchev–Trinajstić information content (AvgIpc) is 2.84. The number of hydrogen-bond donors (Lipinski definition) is 1. The fraction of sp³-hybridized carbons (Fsp3) is 0.217. The molecule has 0 aromatic heterocycles. The second kappa shape index (κ2) is 11.0. The Morgan fingerprint density at radius 1 is 1.20 bits per heavy atom. The van der Waals surface area contributed by atoms with Crippen LogP contribution < -0.4 is 15.0 Å². The van der Waals surface area contributed by atoms with Crippen molar-refractivity contribution in [2.24, 2.45) is 0 Å². The van der Waals surface area contributed by atoms with Crippen molar-refractivity contribution < 1.29 is 23.9 Å². The molecule has 1 N–H and O–H groups in total. The number of rotatable bonds is 5. The molecule has 2 aromatic rings. The standard InChI is InChI=1S/C23H18BrCl2N3O5S/c24-15-11-13(4-5-18(15)34-12-19(30)28-6-8-33-9-7-28)10-14-21(31)27-23(35)29(22(14)32)17-3-1-2-16(25)20(17)26/h1-5,10-11H,6-9,12H2,(H,27,31,35)/b14-10+. The maximum Gasteiger partial charge on any atom is 0.270 e.